The zero-order valence-electron chi connectivity index (χ0n) is 10.3. The molecule has 0 aliphatic carbocycles. The van der Waals surface area contributed by atoms with E-state index < -0.39 is 0 Å². The van der Waals surface area contributed by atoms with E-state index in [2.05, 4.69) is 9.97 Å². The second-order valence-corrected chi connectivity index (χ2v) is 4.81. The Bertz CT molecular complexity index is 420. The Morgan fingerprint density at radius 3 is 2.83 bits per heavy atom. The lowest BCUT2D eigenvalue weighted by atomic mass is 9.97. The summed E-state index contributed by atoms with van der Waals surface area (Å²) in [4.78, 5) is 21.8. The molecule has 0 unspecified atom stereocenters. The summed E-state index contributed by atoms with van der Waals surface area (Å²) in [6.07, 6.45) is 4.81. The first-order valence-corrected chi connectivity index (χ1v) is 6.34. The third-order valence-corrected chi connectivity index (χ3v) is 3.31. The number of halogens is 1. The highest BCUT2D eigenvalue weighted by Gasteiger charge is 2.24. The molecule has 1 fully saturated rings. The zero-order chi connectivity index (χ0) is 13.0. The molecule has 5 nitrogen and oxygen atoms in total. The molecule has 0 radical (unpaired) electrons. The molecular formula is C12H16ClN3O2. The maximum absolute atomic E-state index is 12.2. The van der Waals surface area contributed by atoms with Crippen molar-refractivity contribution in [2.24, 2.45) is 5.92 Å². The molecule has 2 rings (SSSR count). The Labute approximate surface area is 111 Å². The number of nitrogens with zero attached hydrogens (tertiary/aromatic N) is 3. The number of methoxy groups -OCH3 is 1. The van der Waals surface area contributed by atoms with E-state index in [0.717, 1.165) is 32.5 Å². The fourth-order valence-electron chi connectivity index (χ4n) is 2.15. The molecule has 6 heteroatoms. The van der Waals surface area contributed by atoms with Crippen molar-refractivity contribution in [3.63, 3.8) is 0 Å². The van der Waals surface area contributed by atoms with E-state index in [1.807, 2.05) is 0 Å². The Kier molecular flexibility index (Phi) is 4.49. The van der Waals surface area contributed by atoms with Crippen LogP contribution in [0.15, 0.2) is 12.4 Å². The second-order valence-electron chi connectivity index (χ2n) is 4.42. The number of piperidine rings is 1. The molecule has 18 heavy (non-hydrogen) atoms. The Morgan fingerprint density at radius 2 is 2.22 bits per heavy atom. The summed E-state index contributed by atoms with van der Waals surface area (Å²) in [5, 5.41) is 0.245. The molecule has 0 aromatic carbocycles. The zero-order valence-corrected chi connectivity index (χ0v) is 11.1. The van der Waals surface area contributed by atoms with Crippen molar-refractivity contribution < 1.29 is 9.53 Å². The lowest BCUT2D eigenvalue weighted by molar-refractivity contribution is 0.0608. The average molecular weight is 270 g/mol. The Hall–Kier alpha value is -1.20. The molecule has 0 spiro atoms. The number of ether oxygens (including phenoxy) is 1. The van der Waals surface area contributed by atoms with Gasteiger partial charge in [0, 0.05) is 26.8 Å². The monoisotopic (exact) mass is 269 g/mol. The van der Waals surface area contributed by atoms with Gasteiger partial charge >= 0.3 is 0 Å². The van der Waals surface area contributed by atoms with Gasteiger partial charge in [-0.25, -0.2) is 4.98 Å². The van der Waals surface area contributed by atoms with Crippen LogP contribution in [0.2, 0.25) is 5.15 Å². The minimum atomic E-state index is -0.0964. The predicted molar refractivity (Wildman–Crippen MR) is 67.5 cm³/mol. The summed E-state index contributed by atoms with van der Waals surface area (Å²) in [5.74, 6) is 0.449. The predicted octanol–water partition coefficient (Wildman–Crippen LogP) is 1.63. The SMILES string of the molecule is COCC1CCN(C(=O)c2cncc(Cl)n2)CC1. The lowest BCUT2D eigenvalue weighted by Crippen LogP contribution is -2.39. The van der Waals surface area contributed by atoms with Crippen molar-refractivity contribution in [1.29, 1.82) is 0 Å². The van der Waals surface area contributed by atoms with Gasteiger partial charge < -0.3 is 9.64 Å². The Morgan fingerprint density at radius 1 is 1.50 bits per heavy atom. The van der Waals surface area contributed by atoms with Crippen molar-refractivity contribution in [2.45, 2.75) is 12.8 Å². The molecule has 1 aliphatic heterocycles. The number of hydrogen-bond donors (Lipinski definition) is 0. The highest BCUT2D eigenvalue weighted by Crippen LogP contribution is 2.18. The topological polar surface area (TPSA) is 55.3 Å². The highest BCUT2D eigenvalue weighted by molar-refractivity contribution is 6.29. The molecule has 0 saturated carbocycles. The van der Waals surface area contributed by atoms with E-state index in [1.165, 1.54) is 12.4 Å². The smallest absolute Gasteiger partial charge is 0.274 e. The van der Waals surface area contributed by atoms with Gasteiger partial charge in [0.15, 0.2) is 0 Å². The molecule has 0 bridgehead atoms. The molecule has 1 saturated heterocycles. The maximum atomic E-state index is 12.2. The quantitative estimate of drug-likeness (QED) is 0.837. The van der Waals surface area contributed by atoms with Gasteiger partial charge in [0.2, 0.25) is 0 Å². The van der Waals surface area contributed by atoms with Crippen LogP contribution in [-0.2, 0) is 4.74 Å². The highest BCUT2D eigenvalue weighted by atomic mass is 35.5. The fourth-order valence-corrected chi connectivity index (χ4v) is 2.29. The van der Waals surface area contributed by atoms with E-state index in [-0.39, 0.29) is 11.1 Å². The van der Waals surface area contributed by atoms with Gasteiger partial charge in [-0.1, -0.05) is 11.6 Å². The summed E-state index contributed by atoms with van der Waals surface area (Å²) in [6, 6.07) is 0. The first-order valence-electron chi connectivity index (χ1n) is 5.96. The van der Waals surface area contributed by atoms with Crippen LogP contribution in [0.5, 0.6) is 0 Å². The van der Waals surface area contributed by atoms with Crippen molar-refractivity contribution in [3.05, 3.63) is 23.2 Å². The number of carbonyl (C=O) groups is 1. The van der Waals surface area contributed by atoms with Crippen molar-refractivity contribution in [3.8, 4) is 0 Å². The summed E-state index contributed by atoms with van der Waals surface area (Å²) in [7, 11) is 1.71. The van der Waals surface area contributed by atoms with Crippen LogP contribution in [0.25, 0.3) is 0 Å². The van der Waals surface area contributed by atoms with E-state index in [1.54, 1.807) is 12.0 Å². The maximum Gasteiger partial charge on any atom is 0.274 e. The first kappa shape index (κ1) is 13.2. The molecule has 0 N–H and O–H groups in total. The standard InChI is InChI=1S/C12H16ClN3O2/c1-18-8-9-2-4-16(5-3-9)12(17)10-6-14-7-11(13)15-10/h6-7,9H,2-5,8H2,1H3. The third-order valence-electron chi connectivity index (χ3n) is 3.13. The molecular weight excluding hydrogens is 254 g/mol. The minimum Gasteiger partial charge on any atom is -0.384 e. The summed E-state index contributed by atoms with van der Waals surface area (Å²) in [6.45, 7) is 2.24. The molecule has 1 aromatic rings. The molecule has 1 amide bonds. The molecule has 98 valence electrons. The van der Waals surface area contributed by atoms with Crippen LogP contribution in [0, 0.1) is 5.92 Å². The van der Waals surface area contributed by atoms with E-state index in [0.29, 0.717) is 11.6 Å². The van der Waals surface area contributed by atoms with Crippen LogP contribution in [0.4, 0.5) is 0 Å². The van der Waals surface area contributed by atoms with E-state index >= 15 is 0 Å². The van der Waals surface area contributed by atoms with E-state index in [4.69, 9.17) is 16.3 Å². The van der Waals surface area contributed by atoms with Crippen LogP contribution in [-0.4, -0.2) is 47.6 Å². The van der Waals surface area contributed by atoms with Gasteiger partial charge in [-0.2, -0.15) is 0 Å². The van der Waals surface area contributed by atoms with Crippen LogP contribution in [0.1, 0.15) is 23.3 Å². The first-order chi connectivity index (χ1) is 8.70. The van der Waals surface area contributed by atoms with Crippen LogP contribution in [0.3, 0.4) is 0 Å². The number of carbonyl (C=O) groups excluding carboxylic acids is 1. The second kappa shape index (κ2) is 6.11. The molecule has 0 atom stereocenters. The van der Waals surface area contributed by atoms with Crippen LogP contribution >= 0.6 is 11.6 Å². The van der Waals surface area contributed by atoms with Crippen molar-refractivity contribution >= 4 is 17.5 Å². The van der Waals surface area contributed by atoms with Gasteiger partial charge in [-0.05, 0) is 18.8 Å². The van der Waals surface area contributed by atoms with Gasteiger partial charge in [0.1, 0.15) is 10.8 Å². The Balaban J connectivity index is 1.95. The van der Waals surface area contributed by atoms with Gasteiger partial charge in [-0.3, -0.25) is 9.78 Å². The van der Waals surface area contributed by atoms with Crippen LogP contribution < -0.4 is 0 Å². The normalized spacial score (nSPS) is 16.9. The van der Waals surface area contributed by atoms with Crippen molar-refractivity contribution in [1.82, 2.24) is 14.9 Å². The van der Waals surface area contributed by atoms with Crippen molar-refractivity contribution in [2.75, 3.05) is 26.8 Å². The molecule has 1 aliphatic rings. The lowest BCUT2D eigenvalue weighted by Gasteiger charge is -2.31. The van der Waals surface area contributed by atoms with Gasteiger partial charge in [0.25, 0.3) is 5.91 Å². The summed E-state index contributed by atoms with van der Waals surface area (Å²) >= 11 is 5.73. The number of hydrogen-bond acceptors (Lipinski definition) is 4. The minimum absolute atomic E-state index is 0.0964. The number of likely N-dealkylation sites (tertiary alicyclic amines) is 1. The van der Waals surface area contributed by atoms with Gasteiger partial charge in [-0.15, -0.1) is 0 Å². The third kappa shape index (κ3) is 3.17. The average Bonchev–Trinajstić information content (AvgIpc) is 2.39. The summed E-state index contributed by atoms with van der Waals surface area (Å²) < 4.78 is 5.13. The molecule has 1 aromatic heterocycles. The summed E-state index contributed by atoms with van der Waals surface area (Å²) in [5.41, 5.74) is 0.313. The fraction of sp³-hybridized carbons (Fsp3) is 0.583. The number of amides is 1. The van der Waals surface area contributed by atoms with E-state index in [9.17, 15) is 4.79 Å². The number of aromatic nitrogens is 2. The largest absolute Gasteiger partial charge is 0.384 e. The number of rotatable bonds is 3. The van der Waals surface area contributed by atoms with Gasteiger partial charge in [0.05, 0.1) is 12.4 Å². The molecule has 2 heterocycles.